The quantitative estimate of drug-likeness (QED) is 0.699. The summed E-state index contributed by atoms with van der Waals surface area (Å²) < 4.78 is 16.4. The summed E-state index contributed by atoms with van der Waals surface area (Å²) in [6, 6.07) is 8.34. The number of aromatic nitrogens is 1. The SMILES string of the molecule is O=c1c(I)cccn1Cc1ccc(Br)cc1F. The lowest BCUT2D eigenvalue weighted by molar-refractivity contribution is 0.595. The molecule has 0 aliphatic rings. The molecule has 0 aliphatic carbocycles. The average Bonchev–Trinajstić information content (AvgIpc) is 2.28. The van der Waals surface area contributed by atoms with E-state index in [9.17, 15) is 9.18 Å². The van der Waals surface area contributed by atoms with Gasteiger partial charge in [-0.05, 0) is 46.9 Å². The van der Waals surface area contributed by atoms with Gasteiger partial charge < -0.3 is 4.57 Å². The third kappa shape index (κ3) is 2.95. The molecule has 0 saturated carbocycles. The summed E-state index contributed by atoms with van der Waals surface area (Å²) in [4.78, 5) is 11.8. The van der Waals surface area contributed by atoms with Gasteiger partial charge >= 0.3 is 0 Å². The van der Waals surface area contributed by atoms with Crippen LogP contribution in [0, 0.1) is 9.39 Å². The molecular formula is C12H8BrFINO. The second-order valence-corrected chi connectivity index (χ2v) is 5.60. The Morgan fingerprint density at radius 2 is 2.12 bits per heavy atom. The van der Waals surface area contributed by atoms with Gasteiger partial charge in [-0.15, -0.1) is 0 Å². The maximum atomic E-state index is 13.6. The van der Waals surface area contributed by atoms with Gasteiger partial charge in [-0.3, -0.25) is 4.79 Å². The molecule has 0 saturated heterocycles. The predicted octanol–water partition coefficient (Wildman–Crippen LogP) is 3.40. The monoisotopic (exact) mass is 407 g/mol. The van der Waals surface area contributed by atoms with Crippen LogP contribution in [0.15, 0.2) is 45.8 Å². The first kappa shape index (κ1) is 12.8. The Labute approximate surface area is 120 Å². The normalized spacial score (nSPS) is 10.5. The van der Waals surface area contributed by atoms with E-state index in [1.807, 2.05) is 22.6 Å². The third-order valence-electron chi connectivity index (χ3n) is 2.33. The smallest absolute Gasteiger partial charge is 0.264 e. The lowest BCUT2D eigenvalue weighted by Gasteiger charge is -2.07. The van der Waals surface area contributed by atoms with Crippen LogP contribution >= 0.6 is 38.5 Å². The molecule has 0 amide bonds. The van der Waals surface area contributed by atoms with Crippen LogP contribution < -0.4 is 5.56 Å². The van der Waals surface area contributed by atoms with Gasteiger partial charge in [0.25, 0.3) is 5.56 Å². The standard InChI is InChI=1S/C12H8BrFINO/c13-9-4-3-8(10(14)6-9)7-16-5-1-2-11(15)12(16)17/h1-6H,7H2. The van der Waals surface area contributed by atoms with E-state index in [4.69, 9.17) is 0 Å². The number of nitrogens with zero attached hydrogens (tertiary/aromatic N) is 1. The molecule has 17 heavy (non-hydrogen) atoms. The van der Waals surface area contributed by atoms with E-state index in [0.717, 1.165) is 0 Å². The fraction of sp³-hybridized carbons (Fsp3) is 0.0833. The van der Waals surface area contributed by atoms with Gasteiger partial charge in [-0.25, -0.2) is 4.39 Å². The second kappa shape index (κ2) is 5.30. The lowest BCUT2D eigenvalue weighted by atomic mass is 10.2. The molecule has 0 bridgehead atoms. The van der Waals surface area contributed by atoms with Gasteiger partial charge in [-0.2, -0.15) is 0 Å². The number of benzene rings is 1. The van der Waals surface area contributed by atoms with Crippen LogP contribution in [0.5, 0.6) is 0 Å². The fourth-order valence-electron chi connectivity index (χ4n) is 1.47. The van der Waals surface area contributed by atoms with Crippen molar-refractivity contribution in [3.63, 3.8) is 0 Å². The maximum Gasteiger partial charge on any atom is 0.264 e. The minimum atomic E-state index is -0.315. The van der Waals surface area contributed by atoms with Crippen LogP contribution in [0.4, 0.5) is 4.39 Å². The van der Waals surface area contributed by atoms with E-state index >= 15 is 0 Å². The molecule has 2 nitrogen and oxygen atoms in total. The van der Waals surface area contributed by atoms with Crippen molar-refractivity contribution in [3.05, 3.63) is 66.3 Å². The predicted molar refractivity (Wildman–Crippen MR) is 76.6 cm³/mol. The highest BCUT2D eigenvalue weighted by Gasteiger charge is 2.05. The van der Waals surface area contributed by atoms with Gasteiger partial charge in [-0.1, -0.05) is 22.0 Å². The van der Waals surface area contributed by atoms with Crippen molar-refractivity contribution in [1.29, 1.82) is 0 Å². The largest absolute Gasteiger partial charge is 0.310 e. The highest BCUT2D eigenvalue weighted by Crippen LogP contribution is 2.15. The summed E-state index contributed by atoms with van der Waals surface area (Å²) in [5.74, 6) is -0.315. The lowest BCUT2D eigenvalue weighted by Crippen LogP contribution is -2.22. The van der Waals surface area contributed by atoms with Crippen LogP contribution in [0.1, 0.15) is 5.56 Å². The highest BCUT2D eigenvalue weighted by atomic mass is 127. The topological polar surface area (TPSA) is 22.0 Å². The summed E-state index contributed by atoms with van der Waals surface area (Å²) >= 11 is 5.17. The van der Waals surface area contributed by atoms with Crippen molar-refractivity contribution < 1.29 is 4.39 Å². The minimum absolute atomic E-state index is 0.101. The summed E-state index contributed by atoms with van der Waals surface area (Å²) in [5.41, 5.74) is 0.396. The van der Waals surface area contributed by atoms with E-state index in [-0.39, 0.29) is 17.9 Å². The van der Waals surface area contributed by atoms with Crippen molar-refractivity contribution in [3.8, 4) is 0 Å². The molecule has 1 aromatic heterocycles. The number of hydrogen-bond acceptors (Lipinski definition) is 1. The molecule has 0 N–H and O–H groups in total. The zero-order valence-corrected chi connectivity index (χ0v) is 12.4. The molecule has 2 aromatic rings. The molecule has 0 unspecified atom stereocenters. The zero-order valence-electron chi connectivity index (χ0n) is 8.66. The summed E-state index contributed by atoms with van der Waals surface area (Å²) in [6.45, 7) is 0.245. The molecule has 0 aliphatic heterocycles. The van der Waals surface area contributed by atoms with Crippen LogP contribution in [0.25, 0.3) is 0 Å². The van der Waals surface area contributed by atoms with Gasteiger partial charge in [0.05, 0.1) is 10.1 Å². The van der Waals surface area contributed by atoms with Gasteiger partial charge in [0.2, 0.25) is 0 Å². The van der Waals surface area contributed by atoms with E-state index in [0.29, 0.717) is 13.6 Å². The van der Waals surface area contributed by atoms with Gasteiger partial charge in [0.15, 0.2) is 0 Å². The van der Waals surface area contributed by atoms with Crippen molar-refractivity contribution in [2.75, 3.05) is 0 Å². The molecule has 88 valence electrons. The number of hydrogen-bond donors (Lipinski definition) is 0. The maximum absolute atomic E-state index is 13.6. The average molecular weight is 408 g/mol. The summed E-state index contributed by atoms with van der Waals surface area (Å²) in [5, 5.41) is 0. The van der Waals surface area contributed by atoms with Gasteiger partial charge in [0, 0.05) is 16.2 Å². The molecule has 0 spiro atoms. The van der Waals surface area contributed by atoms with Gasteiger partial charge in [0.1, 0.15) is 5.82 Å². The molecule has 1 heterocycles. The third-order valence-corrected chi connectivity index (χ3v) is 3.64. The second-order valence-electron chi connectivity index (χ2n) is 3.52. The Kier molecular flexibility index (Phi) is 3.98. The molecule has 0 fully saturated rings. The molecule has 5 heteroatoms. The zero-order chi connectivity index (χ0) is 12.4. The summed E-state index contributed by atoms with van der Waals surface area (Å²) in [6.07, 6.45) is 1.66. The van der Waals surface area contributed by atoms with E-state index < -0.39 is 0 Å². The first-order chi connectivity index (χ1) is 8.08. The highest BCUT2D eigenvalue weighted by molar-refractivity contribution is 14.1. The van der Waals surface area contributed by atoms with Crippen molar-refractivity contribution in [1.82, 2.24) is 4.57 Å². The Morgan fingerprint density at radius 3 is 2.82 bits per heavy atom. The molecule has 0 radical (unpaired) electrons. The van der Waals surface area contributed by atoms with E-state index in [1.54, 1.807) is 30.5 Å². The number of halogens is 3. The summed E-state index contributed by atoms with van der Waals surface area (Å²) in [7, 11) is 0. The molecule has 2 rings (SSSR count). The Morgan fingerprint density at radius 1 is 1.35 bits per heavy atom. The Hall–Kier alpha value is -0.690. The fourth-order valence-corrected chi connectivity index (χ4v) is 2.32. The van der Waals surface area contributed by atoms with E-state index in [1.165, 1.54) is 10.6 Å². The molecular weight excluding hydrogens is 400 g/mol. The molecule has 1 aromatic carbocycles. The Bertz CT molecular complexity index is 612. The molecule has 0 atom stereocenters. The van der Waals surface area contributed by atoms with Crippen molar-refractivity contribution >= 4 is 38.5 Å². The first-order valence-electron chi connectivity index (χ1n) is 4.87. The van der Waals surface area contributed by atoms with Crippen LogP contribution in [0.2, 0.25) is 0 Å². The minimum Gasteiger partial charge on any atom is -0.310 e. The first-order valence-corrected chi connectivity index (χ1v) is 6.74. The van der Waals surface area contributed by atoms with Crippen molar-refractivity contribution in [2.45, 2.75) is 6.54 Å². The van der Waals surface area contributed by atoms with E-state index in [2.05, 4.69) is 15.9 Å². The van der Waals surface area contributed by atoms with Crippen LogP contribution in [-0.4, -0.2) is 4.57 Å². The van der Waals surface area contributed by atoms with Crippen LogP contribution in [-0.2, 0) is 6.54 Å². The Balaban J connectivity index is 2.38. The number of rotatable bonds is 2. The van der Waals surface area contributed by atoms with Crippen molar-refractivity contribution in [2.24, 2.45) is 0 Å². The van der Waals surface area contributed by atoms with Crippen LogP contribution in [0.3, 0.4) is 0 Å². The number of pyridine rings is 1.